The fourth-order valence-electron chi connectivity index (χ4n) is 7.29. The summed E-state index contributed by atoms with van der Waals surface area (Å²) in [6, 6.07) is 2.82. The van der Waals surface area contributed by atoms with Crippen LogP contribution in [0.4, 0.5) is 0 Å². The Morgan fingerprint density at radius 1 is 1.21 bits per heavy atom. The van der Waals surface area contributed by atoms with Gasteiger partial charge in [-0.25, -0.2) is 0 Å². The van der Waals surface area contributed by atoms with Crippen LogP contribution in [-0.4, -0.2) is 23.9 Å². The van der Waals surface area contributed by atoms with Crippen LogP contribution in [0.3, 0.4) is 0 Å². The molecule has 0 aromatic heterocycles. The second-order valence-corrected chi connectivity index (χ2v) is 9.30. The van der Waals surface area contributed by atoms with E-state index in [1.54, 1.807) is 0 Å². The topological polar surface area (TPSA) is 44.1 Å². The highest BCUT2D eigenvalue weighted by atomic mass is 16.2. The van der Waals surface area contributed by atoms with Gasteiger partial charge in [-0.05, 0) is 73.7 Å². The molecule has 0 aromatic rings. The van der Waals surface area contributed by atoms with Crippen molar-refractivity contribution in [2.24, 2.45) is 34.5 Å². The third-order valence-corrected chi connectivity index (χ3v) is 8.66. The number of nitrogens with zero attached hydrogens (tertiary/aromatic N) is 2. The maximum absolute atomic E-state index is 12.1. The predicted molar refractivity (Wildman–Crippen MR) is 93.8 cm³/mol. The first-order valence-corrected chi connectivity index (χ1v) is 9.75. The van der Waals surface area contributed by atoms with Crippen molar-refractivity contribution in [3.8, 4) is 6.07 Å². The van der Waals surface area contributed by atoms with Gasteiger partial charge in [0.05, 0.1) is 6.07 Å². The molecule has 3 fully saturated rings. The largest absolute Gasteiger partial charge is 0.338 e. The van der Waals surface area contributed by atoms with Crippen molar-refractivity contribution in [3.05, 3.63) is 12.2 Å². The molecule has 3 aliphatic carbocycles. The summed E-state index contributed by atoms with van der Waals surface area (Å²) >= 11 is 0. The maximum Gasteiger partial charge on any atom is 0.246 e. The Balaban J connectivity index is 1.65. The zero-order valence-electron chi connectivity index (χ0n) is 15.3. The fraction of sp³-hybridized carbons (Fsp3) is 0.810. The zero-order chi connectivity index (χ0) is 17.1. The highest BCUT2D eigenvalue weighted by Gasteiger charge is 2.60. The lowest BCUT2D eigenvalue weighted by Gasteiger charge is -2.60. The van der Waals surface area contributed by atoms with Crippen LogP contribution in [0, 0.1) is 45.8 Å². The molecule has 3 heteroatoms. The average molecular weight is 326 g/mol. The van der Waals surface area contributed by atoms with Gasteiger partial charge in [0.2, 0.25) is 5.91 Å². The Morgan fingerprint density at radius 3 is 2.75 bits per heavy atom. The minimum atomic E-state index is 0.139. The first-order chi connectivity index (χ1) is 11.4. The number of fused-ring (bicyclic) bond motifs is 5. The molecule has 24 heavy (non-hydrogen) atoms. The Labute approximate surface area is 146 Å². The first kappa shape index (κ1) is 16.2. The van der Waals surface area contributed by atoms with E-state index in [1.807, 2.05) is 18.0 Å². The van der Waals surface area contributed by atoms with Gasteiger partial charge in [0, 0.05) is 24.9 Å². The maximum atomic E-state index is 12.1. The van der Waals surface area contributed by atoms with Crippen LogP contribution < -0.4 is 0 Å². The Bertz CT molecular complexity index is 620. The lowest BCUT2D eigenvalue weighted by Crippen LogP contribution is -2.59. The molecule has 0 bridgehead atoms. The number of carbonyl (C=O) groups is 1. The van der Waals surface area contributed by atoms with Crippen molar-refractivity contribution in [1.29, 1.82) is 5.26 Å². The van der Waals surface area contributed by atoms with Gasteiger partial charge >= 0.3 is 0 Å². The van der Waals surface area contributed by atoms with E-state index in [2.05, 4.69) is 26.0 Å². The van der Waals surface area contributed by atoms with E-state index in [0.717, 1.165) is 24.7 Å². The van der Waals surface area contributed by atoms with Gasteiger partial charge in [0.1, 0.15) is 0 Å². The quantitative estimate of drug-likeness (QED) is 0.726. The molecule has 7 atom stereocenters. The van der Waals surface area contributed by atoms with E-state index in [4.69, 9.17) is 0 Å². The molecule has 3 saturated carbocycles. The fourth-order valence-corrected chi connectivity index (χ4v) is 7.29. The number of hydrogen-bond donors (Lipinski definition) is 0. The molecule has 0 aromatic carbocycles. The highest BCUT2D eigenvalue weighted by molar-refractivity contribution is 5.89. The van der Waals surface area contributed by atoms with Crippen LogP contribution >= 0.6 is 0 Å². The van der Waals surface area contributed by atoms with Gasteiger partial charge in [-0.2, -0.15) is 5.26 Å². The van der Waals surface area contributed by atoms with E-state index in [9.17, 15) is 10.1 Å². The van der Waals surface area contributed by atoms with E-state index in [0.29, 0.717) is 23.3 Å². The number of amides is 1. The predicted octanol–water partition coefficient (Wildman–Crippen LogP) is 4.16. The summed E-state index contributed by atoms with van der Waals surface area (Å²) in [5, 5.41) is 9.22. The molecule has 3 nitrogen and oxygen atoms in total. The third-order valence-electron chi connectivity index (χ3n) is 8.66. The van der Waals surface area contributed by atoms with E-state index < -0.39 is 0 Å². The molecule has 1 heterocycles. The molecule has 1 aliphatic heterocycles. The third kappa shape index (κ3) is 1.98. The second kappa shape index (κ2) is 5.35. The van der Waals surface area contributed by atoms with E-state index >= 15 is 0 Å². The monoisotopic (exact) mass is 326 g/mol. The first-order valence-electron chi connectivity index (χ1n) is 9.75. The van der Waals surface area contributed by atoms with Gasteiger partial charge in [-0.3, -0.25) is 4.79 Å². The molecule has 0 spiro atoms. The minimum Gasteiger partial charge on any atom is -0.338 e. The molecular formula is C21H30N2O. The van der Waals surface area contributed by atoms with Gasteiger partial charge < -0.3 is 4.90 Å². The number of likely N-dealkylation sites (N-methyl/N-ethyl adjacent to an activating group) is 1. The Morgan fingerprint density at radius 2 is 2.00 bits per heavy atom. The minimum absolute atomic E-state index is 0.139. The Kier molecular flexibility index (Phi) is 3.61. The zero-order valence-corrected chi connectivity index (χ0v) is 15.3. The molecule has 1 amide bonds. The van der Waals surface area contributed by atoms with Crippen molar-refractivity contribution in [2.75, 3.05) is 7.05 Å². The summed E-state index contributed by atoms with van der Waals surface area (Å²) in [6.07, 6.45) is 12.3. The highest BCUT2D eigenvalue weighted by Crippen LogP contribution is 2.65. The lowest BCUT2D eigenvalue weighted by molar-refractivity contribution is -0.138. The lowest BCUT2D eigenvalue weighted by atomic mass is 9.47. The van der Waals surface area contributed by atoms with Gasteiger partial charge in [-0.1, -0.05) is 19.9 Å². The van der Waals surface area contributed by atoms with Crippen LogP contribution in [0.2, 0.25) is 0 Å². The molecule has 130 valence electrons. The standard InChI is InChI=1S/C21H30N2O/c1-20-11-8-17-15(16(20)6-4-14(20)10-13-22)5-7-18-21(17,2)12-9-19(24)23(18)3/h9,12,14-18H,4-8,10-11H2,1-3H3/t14?,15-,16-,17-,18+,20+,21+/m0/s1. The summed E-state index contributed by atoms with van der Waals surface area (Å²) < 4.78 is 0. The van der Waals surface area contributed by atoms with Crippen molar-refractivity contribution in [2.45, 2.75) is 64.8 Å². The summed E-state index contributed by atoms with van der Waals surface area (Å²) in [6.45, 7) is 4.88. The molecule has 1 unspecified atom stereocenters. The average Bonchev–Trinajstić information content (AvgIpc) is 2.89. The van der Waals surface area contributed by atoms with Gasteiger partial charge in [-0.15, -0.1) is 0 Å². The number of carbonyl (C=O) groups excluding carboxylic acids is 1. The summed E-state index contributed by atoms with van der Waals surface area (Å²) in [5.41, 5.74) is 0.514. The van der Waals surface area contributed by atoms with Crippen LogP contribution in [0.1, 0.15) is 58.8 Å². The summed E-state index contributed by atoms with van der Waals surface area (Å²) in [7, 11) is 1.99. The van der Waals surface area contributed by atoms with E-state index in [-0.39, 0.29) is 11.3 Å². The van der Waals surface area contributed by atoms with Crippen molar-refractivity contribution >= 4 is 5.91 Å². The summed E-state index contributed by atoms with van der Waals surface area (Å²) in [4.78, 5) is 14.1. The SMILES string of the molecule is CN1C(=O)C=C[C@]2(C)[C@H]3CC[C@]4(C)C(CC#N)CC[C@H]4[C@@H]3CC[C@@H]12. The van der Waals surface area contributed by atoms with Gasteiger partial charge in [0.15, 0.2) is 0 Å². The van der Waals surface area contributed by atoms with Gasteiger partial charge in [0.25, 0.3) is 0 Å². The molecule has 0 N–H and O–H groups in total. The number of nitriles is 1. The number of rotatable bonds is 1. The smallest absolute Gasteiger partial charge is 0.246 e. The van der Waals surface area contributed by atoms with E-state index in [1.165, 1.54) is 32.1 Å². The van der Waals surface area contributed by atoms with Crippen molar-refractivity contribution in [1.82, 2.24) is 4.90 Å². The van der Waals surface area contributed by atoms with Crippen LogP contribution in [0.5, 0.6) is 0 Å². The van der Waals surface area contributed by atoms with Crippen LogP contribution in [0.15, 0.2) is 12.2 Å². The van der Waals surface area contributed by atoms with Crippen molar-refractivity contribution < 1.29 is 4.79 Å². The molecule has 4 aliphatic rings. The Hall–Kier alpha value is -1.30. The normalized spacial score (nSPS) is 50.0. The molecule has 0 saturated heterocycles. The van der Waals surface area contributed by atoms with Crippen LogP contribution in [-0.2, 0) is 4.79 Å². The molecule has 0 radical (unpaired) electrons. The molecular weight excluding hydrogens is 296 g/mol. The molecule has 4 rings (SSSR count). The van der Waals surface area contributed by atoms with Crippen LogP contribution in [0.25, 0.3) is 0 Å². The summed E-state index contributed by atoms with van der Waals surface area (Å²) in [5.74, 6) is 3.03. The second-order valence-electron chi connectivity index (χ2n) is 9.30. The van der Waals surface area contributed by atoms with Crippen molar-refractivity contribution in [3.63, 3.8) is 0 Å². The number of hydrogen-bond acceptors (Lipinski definition) is 2.